The molecule has 164 valence electrons. The lowest BCUT2D eigenvalue weighted by Gasteiger charge is -2.14. The predicted octanol–water partition coefficient (Wildman–Crippen LogP) is 3.70. The van der Waals surface area contributed by atoms with Crippen molar-refractivity contribution in [1.29, 1.82) is 0 Å². The minimum atomic E-state index is -4.61. The number of aromatic nitrogens is 1. The standard InChI is InChI=1S/C21H14F3N3O4S/c22-21(23,24)14-6-8-15(9-7-14)32(30,31)26-17-5-1-4-16-18(17)20(29)27(19(16)28)12-13-3-2-10-25-11-13/h1-11,26H,12H2. The summed E-state index contributed by atoms with van der Waals surface area (Å²) in [4.78, 5) is 30.1. The molecule has 1 aliphatic rings. The average Bonchev–Trinajstić information content (AvgIpc) is 2.99. The molecular formula is C21H14F3N3O4S. The van der Waals surface area contributed by atoms with Gasteiger partial charge in [0, 0.05) is 12.4 Å². The number of hydrogen-bond acceptors (Lipinski definition) is 5. The highest BCUT2D eigenvalue weighted by Gasteiger charge is 2.38. The number of carbonyl (C=O) groups is 2. The number of anilines is 1. The number of pyridine rings is 1. The number of nitrogens with zero attached hydrogens (tertiary/aromatic N) is 2. The number of hydrogen-bond donors (Lipinski definition) is 1. The summed E-state index contributed by atoms with van der Waals surface area (Å²) in [7, 11) is -4.32. The number of nitrogens with one attached hydrogen (secondary N) is 1. The van der Waals surface area contributed by atoms with E-state index in [1.165, 1.54) is 24.4 Å². The maximum Gasteiger partial charge on any atom is 0.416 e. The van der Waals surface area contributed by atoms with Crippen molar-refractivity contribution in [2.24, 2.45) is 0 Å². The molecular weight excluding hydrogens is 447 g/mol. The van der Waals surface area contributed by atoms with Gasteiger partial charge < -0.3 is 0 Å². The third kappa shape index (κ3) is 3.94. The number of benzene rings is 2. The smallest absolute Gasteiger partial charge is 0.279 e. The first-order chi connectivity index (χ1) is 15.1. The largest absolute Gasteiger partial charge is 0.416 e. The molecule has 11 heteroatoms. The van der Waals surface area contributed by atoms with Crippen molar-refractivity contribution in [3.63, 3.8) is 0 Å². The Morgan fingerprint density at radius 2 is 1.66 bits per heavy atom. The maximum absolute atomic E-state index is 12.9. The Labute approximate surface area is 180 Å². The maximum atomic E-state index is 12.9. The van der Waals surface area contributed by atoms with E-state index in [1.54, 1.807) is 18.3 Å². The Kier molecular flexibility index (Phi) is 5.21. The van der Waals surface area contributed by atoms with Crippen molar-refractivity contribution in [1.82, 2.24) is 9.88 Å². The first-order valence-electron chi connectivity index (χ1n) is 9.16. The molecule has 7 nitrogen and oxygen atoms in total. The summed E-state index contributed by atoms with van der Waals surface area (Å²) in [6.07, 6.45) is -1.57. The fraction of sp³-hybridized carbons (Fsp3) is 0.0952. The Morgan fingerprint density at radius 1 is 0.938 bits per heavy atom. The minimum Gasteiger partial charge on any atom is -0.279 e. The number of fused-ring (bicyclic) bond motifs is 1. The summed E-state index contributed by atoms with van der Waals surface area (Å²) in [6.45, 7) is -0.0503. The van der Waals surface area contributed by atoms with Crippen molar-refractivity contribution >= 4 is 27.5 Å². The van der Waals surface area contributed by atoms with Gasteiger partial charge in [-0.15, -0.1) is 0 Å². The number of amides is 2. The summed E-state index contributed by atoms with van der Waals surface area (Å²) in [6, 6.07) is 10.4. The van der Waals surface area contributed by atoms with Gasteiger partial charge in [-0.25, -0.2) is 8.42 Å². The van der Waals surface area contributed by atoms with Crippen LogP contribution in [0.5, 0.6) is 0 Å². The van der Waals surface area contributed by atoms with Gasteiger partial charge in [-0.3, -0.25) is 24.2 Å². The summed E-state index contributed by atoms with van der Waals surface area (Å²) in [5.74, 6) is -1.29. The lowest BCUT2D eigenvalue weighted by molar-refractivity contribution is -0.137. The zero-order valence-corrected chi connectivity index (χ0v) is 16.9. The number of rotatable bonds is 5. The number of halogens is 3. The normalized spacial score (nSPS) is 13.9. The second kappa shape index (κ2) is 7.75. The van der Waals surface area contributed by atoms with E-state index in [2.05, 4.69) is 9.71 Å². The highest BCUT2D eigenvalue weighted by molar-refractivity contribution is 7.92. The van der Waals surface area contributed by atoms with E-state index in [9.17, 15) is 31.2 Å². The number of imide groups is 1. The fourth-order valence-electron chi connectivity index (χ4n) is 3.26. The molecule has 3 aromatic rings. The molecule has 0 bridgehead atoms. The first-order valence-corrected chi connectivity index (χ1v) is 10.6. The fourth-order valence-corrected chi connectivity index (χ4v) is 4.34. The molecule has 0 saturated heterocycles. The third-order valence-corrected chi connectivity index (χ3v) is 6.18. The van der Waals surface area contributed by atoms with Crippen LogP contribution in [-0.2, 0) is 22.7 Å². The molecule has 32 heavy (non-hydrogen) atoms. The van der Waals surface area contributed by atoms with E-state index < -0.39 is 38.5 Å². The SMILES string of the molecule is O=C1c2cccc(NS(=O)(=O)c3ccc(C(F)(F)F)cc3)c2C(=O)N1Cc1cccnc1. The summed E-state index contributed by atoms with van der Waals surface area (Å²) in [5.41, 5.74) is -0.643. The Bertz CT molecular complexity index is 1310. The number of sulfonamides is 1. The van der Waals surface area contributed by atoms with E-state index in [1.807, 2.05) is 0 Å². The van der Waals surface area contributed by atoms with Gasteiger partial charge in [0.1, 0.15) is 0 Å². The van der Waals surface area contributed by atoms with E-state index in [4.69, 9.17) is 0 Å². The predicted molar refractivity (Wildman–Crippen MR) is 107 cm³/mol. The Balaban J connectivity index is 1.64. The molecule has 0 unspecified atom stereocenters. The molecule has 0 aliphatic carbocycles. The first kappa shape index (κ1) is 21.5. The van der Waals surface area contributed by atoms with Crippen LogP contribution in [0, 0.1) is 0 Å². The second-order valence-electron chi connectivity index (χ2n) is 6.91. The molecule has 0 radical (unpaired) electrons. The molecule has 4 rings (SSSR count). The van der Waals surface area contributed by atoms with Crippen molar-refractivity contribution in [3.8, 4) is 0 Å². The van der Waals surface area contributed by atoms with Gasteiger partial charge in [0.05, 0.1) is 33.8 Å². The van der Waals surface area contributed by atoms with Crippen molar-refractivity contribution in [2.45, 2.75) is 17.6 Å². The van der Waals surface area contributed by atoms with Crippen molar-refractivity contribution in [3.05, 3.63) is 89.2 Å². The van der Waals surface area contributed by atoms with Gasteiger partial charge in [-0.1, -0.05) is 12.1 Å². The zero-order valence-electron chi connectivity index (χ0n) is 16.1. The molecule has 1 aliphatic heterocycles. The number of carbonyl (C=O) groups excluding carboxylic acids is 2. The molecule has 1 N–H and O–H groups in total. The third-order valence-electron chi connectivity index (χ3n) is 4.80. The van der Waals surface area contributed by atoms with Crippen molar-refractivity contribution < 1.29 is 31.2 Å². The van der Waals surface area contributed by atoms with Gasteiger partial charge >= 0.3 is 6.18 Å². The van der Waals surface area contributed by atoms with Crippen LogP contribution in [0.3, 0.4) is 0 Å². The topological polar surface area (TPSA) is 96.4 Å². The van der Waals surface area contributed by atoms with Crippen LogP contribution in [0.2, 0.25) is 0 Å². The monoisotopic (exact) mass is 461 g/mol. The average molecular weight is 461 g/mol. The van der Waals surface area contributed by atoms with E-state index in [-0.39, 0.29) is 23.4 Å². The van der Waals surface area contributed by atoms with Crippen LogP contribution in [0.4, 0.5) is 18.9 Å². The molecule has 2 heterocycles. The Morgan fingerprint density at radius 3 is 2.28 bits per heavy atom. The highest BCUT2D eigenvalue weighted by Crippen LogP contribution is 2.33. The van der Waals surface area contributed by atoms with Crippen LogP contribution in [0.1, 0.15) is 31.8 Å². The van der Waals surface area contributed by atoms with Crippen LogP contribution < -0.4 is 4.72 Å². The number of alkyl halides is 3. The van der Waals surface area contributed by atoms with E-state index in [0.717, 1.165) is 17.0 Å². The Hall–Kier alpha value is -3.73. The molecule has 0 atom stereocenters. The zero-order chi connectivity index (χ0) is 23.1. The molecule has 0 saturated carbocycles. The van der Waals surface area contributed by atoms with Gasteiger partial charge in [-0.2, -0.15) is 13.2 Å². The lowest BCUT2D eigenvalue weighted by Crippen LogP contribution is -2.29. The molecule has 2 amide bonds. The van der Waals surface area contributed by atoms with Crippen LogP contribution in [0.25, 0.3) is 0 Å². The van der Waals surface area contributed by atoms with Gasteiger partial charge in [0.2, 0.25) is 0 Å². The lowest BCUT2D eigenvalue weighted by atomic mass is 10.1. The molecule has 0 spiro atoms. The second-order valence-corrected chi connectivity index (χ2v) is 8.60. The van der Waals surface area contributed by atoms with Crippen molar-refractivity contribution in [2.75, 3.05) is 4.72 Å². The van der Waals surface area contributed by atoms with Crippen LogP contribution in [-0.4, -0.2) is 30.1 Å². The quantitative estimate of drug-likeness (QED) is 0.585. The van der Waals surface area contributed by atoms with Gasteiger partial charge in [0.15, 0.2) is 0 Å². The molecule has 2 aromatic carbocycles. The summed E-state index contributed by atoms with van der Waals surface area (Å²) in [5, 5.41) is 0. The van der Waals surface area contributed by atoms with Crippen LogP contribution >= 0.6 is 0 Å². The minimum absolute atomic E-state index is 0.0199. The van der Waals surface area contributed by atoms with E-state index >= 15 is 0 Å². The highest BCUT2D eigenvalue weighted by atomic mass is 32.2. The summed E-state index contributed by atoms with van der Waals surface area (Å²) >= 11 is 0. The van der Waals surface area contributed by atoms with Gasteiger partial charge in [-0.05, 0) is 48.0 Å². The molecule has 1 aromatic heterocycles. The van der Waals surface area contributed by atoms with Crippen LogP contribution in [0.15, 0.2) is 71.9 Å². The van der Waals surface area contributed by atoms with Gasteiger partial charge in [0.25, 0.3) is 21.8 Å². The van der Waals surface area contributed by atoms with E-state index in [0.29, 0.717) is 17.7 Å². The summed E-state index contributed by atoms with van der Waals surface area (Å²) < 4.78 is 65.9. The molecule has 0 fully saturated rings.